The van der Waals surface area contributed by atoms with E-state index in [1.54, 1.807) is 31.2 Å². The van der Waals surface area contributed by atoms with Crippen LogP contribution in [-0.2, 0) is 19.9 Å². The quantitative estimate of drug-likeness (QED) is 0.554. The third-order valence-corrected chi connectivity index (χ3v) is 3.44. The molecule has 1 aliphatic rings. The number of methoxy groups -OCH3 is 1. The van der Waals surface area contributed by atoms with Crippen LogP contribution in [0, 0.1) is 0 Å². The molecule has 0 aliphatic carbocycles. The van der Waals surface area contributed by atoms with E-state index in [1.807, 2.05) is 0 Å². The second-order valence-corrected chi connectivity index (χ2v) is 5.17. The fourth-order valence-corrected chi connectivity index (χ4v) is 2.14. The number of ether oxygens (including phenoxy) is 1. The fourth-order valence-electron chi connectivity index (χ4n) is 2.14. The number of hydrogen-bond donors (Lipinski definition) is 4. The smallest absolute Gasteiger partial charge is 0.322 e. The van der Waals surface area contributed by atoms with Crippen LogP contribution in [0.2, 0.25) is 0 Å². The molecule has 1 aliphatic heterocycles. The van der Waals surface area contributed by atoms with E-state index in [0.717, 1.165) is 0 Å². The first kappa shape index (κ1) is 15.9. The lowest BCUT2D eigenvalue weighted by Crippen LogP contribution is -2.41. The molecule has 0 spiro atoms. The molecule has 1 fully saturated rings. The summed E-state index contributed by atoms with van der Waals surface area (Å²) in [4.78, 5) is 35.1. The number of imide groups is 1. The number of amides is 4. The average molecular weight is 306 g/mol. The number of hydrogen-bond acceptors (Lipinski definition) is 5. The van der Waals surface area contributed by atoms with E-state index >= 15 is 0 Å². The summed E-state index contributed by atoms with van der Waals surface area (Å²) in [6.07, 6.45) is 0. The zero-order valence-corrected chi connectivity index (χ0v) is 12.3. The van der Waals surface area contributed by atoms with Crippen molar-refractivity contribution in [1.29, 1.82) is 0 Å². The largest absolute Gasteiger partial charge is 0.383 e. The van der Waals surface area contributed by atoms with Crippen molar-refractivity contribution in [2.75, 3.05) is 19.0 Å². The van der Waals surface area contributed by atoms with Crippen molar-refractivity contribution in [2.45, 2.75) is 18.5 Å². The molecular formula is C14H18N4O4. The standard InChI is InChI=1S/C14H18N4O4/c1-14(12(20)17-13(21)18-14)8-4-3-5-9(6-8)16-11(19)10(15)7-22-2/h3-6,10H,7,15H2,1-2H3,(H,16,19)(H2,17,18,20,21). The summed E-state index contributed by atoms with van der Waals surface area (Å²) < 4.78 is 4.82. The number of benzene rings is 1. The molecule has 0 aromatic heterocycles. The van der Waals surface area contributed by atoms with E-state index in [-0.39, 0.29) is 6.61 Å². The van der Waals surface area contributed by atoms with Gasteiger partial charge in [0.15, 0.2) is 0 Å². The molecule has 1 aromatic rings. The normalized spacial score (nSPS) is 22.0. The highest BCUT2D eigenvalue weighted by molar-refractivity contribution is 6.07. The third kappa shape index (κ3) is 3.07. The molecule has 0 radical (unpaired) electrons. The molecule has 2 atom stereocenters. The van der Waals surface area contributed by atoms with Gasteiger partial charge in [-0.1, -0.05) is 12.1 Å². The lowest BCUT2D eigenvalue weighted by atomic mass is 9.92. The highest BCUT2D eigenvalue weighted by Crippen LogP contribution is 2.26. The maximum absolute atomic E-state index is 11.9. The molecule has 8 nitrogen and oxygen atoms in total. The molecule has 8 heteroatoms. The fraction of sp³-hybridized carbons (Fsp3) is 0.357. The molecule has 1 saturated heterocycles. The number of carbonyl (C=O) groups is 3. The van der Waals surface area contributed by atoms with Gasteiger partial charge in [0.05, 0.1) is 6.61 Å². The summed E-state index contributed by atoms with van der Waals surface area (Å²) in [6, 6.07) is 5.30. The number of anilines is 1. The molecule has 0 bridgehead atoms. The Bertz CT molecular complexity index is 619. The first-order chi connectivity index (χ1) is 10.4. The first-order valence-electron chi connectivity index (χ1n) is 6.66. The summed E-state index contributed by atoms with van der Waals surface area (Å²) in [6.45, 7) is 1.69. The number of urea groups is 1. The molecule has 2 unspecified atom stereocenters. The molecule has 1 aromatic carbocycles. The first-order valence-corrected chi connectivity index (χ1v) is 6.66. The van der Waals surface area contributed by atoms with E-state index in [1.165, 1.54) is 7.11 Å². The second kappa shape index (κ2) is 6.12. The number of nitrogens with one attached hydrogen (secondary N) is 3. The summed E-state index contributed by atoms with van der Waals surface area (Å²) in [5, 5.41) is 7.40. The van der Waals surface area contributed by atoms with Crippen LogP contribution in [0.1, 0.15) is 12.5 Å². The van der Waals surface area contributed by atoms with Crippen LogP contribution in [-0.4, -0.2) is 37.6 Å². The highest BCUT2D eigenvalue weighted by atomic mass is 16.5. The van der Waals surface area contributed by atoms with Crippen molar-refractivity contribution in [3.05, 3.63) is 29.8 Å². The van der Waals surface area contributed by atoms with Crippen LogP contribution in [0.5, 0.6) is 0 Å². The Labute approximate surface area is 127 Å². The van der Waals surface area contributed by atoms with Crippen LogP contribution in [0.3, 0.4) is 0 Å². The maximum atomic E-state index is 11.9. The molecule has 22 heavy (non-hydrogen) atoms. The van der Waals surface area contributed by atoms with Gasteiger partial charge in [0.2, 0.25) is 5.91 Å². The molecule has 5 N–H and O–H groups in total. The van der Waals surface area contributed by atoms with E-state index < -0.39 is 29.4 Å². The van der Waals surface area contributed by atoms with Gasteiger partial charge in [0.1, 0.15) is 11.6 Å². The van der Waals surface area contributed by atoms with Gasteiger partial charge in [-0.2, -0.15) is 0 Å². The Balaban J connectivity index is 2.19. The van der Waals surface area contributed by atoms with Crippen LogP contribution < -0.4 is 21.7 Å². The predicted octanol–water partition coefficient (Wildman–Crippen LogP) is -0.347. The Morgan fingerprint density at radius 1 is 1.45 bits per heavy atom. The van der Waals surface area contributed by atoms with Gasteiger partial charge in [0, 0.05) is 12.8 Å². The zero-order chi connectivity index (χ0) is 16.3. The van der Waals surface area contributed by atoms with Crippen LogP contribution in [0.25, 0.3) is 0 Å². The second-order valence-electron chi connectivity index (χ2n) is 5.17. The lowest BCUT2D eigenvalue weighted by molar-refractivity contribution is -0.123. The van der Waals surface area contributed by atoms with Gasteiger partial charge in [-0.05, 0) is 24.6 Å². The van der Waals surface area contributed by atoms with E-state index in [2.05, 4.69) is 16.0 Å². The van der Waals surface area contributed by atoms with Crippen LogP contribution >= 0.6 is 0 Å². The molecule has 1 heterocycles. The van der Waals surface area contributed by atoms with Crippen LogP contribution in [0.4, 0.5) is 10.5 Å². The van der Waals surface area contributed by atoms with Crippen molar-refractivity contribution in [3.63, 3.8) is 0 Å². The maximum Gasteiger partial charge on any atom is 0.322 e. The van der Waals surface area contributed by atoms with Crippen molar-refractivity contribution in [1.82, 2.24) is 10.6 Å². The SMILES string of the molecule is COCC(N)C(=O)Nc1cccc(C2(C)NC(=O)NC2=O)c1. The Hall–Kier alpha value is -2.45. The minimum absolute atomic E-state index is 0.0989. The Morgan fingerprint density at radius 3 is 2.77 bits per heavy atom. The monoisotopic (exact) mass is 306 g/mol. The van der Waals surface area contributed by atoms with Crippen molar-refractivity contribution >= 4 is 23.5 Å². The third-order valence-electron chi connectivity index (χ3n) is 3.44. The zero-order valence-electron chi connectivity index (χ0n) is 12.3. The van der Waals surface area contributed by atoms with Gasteiger partial charge in [-0.15, -0.1) is 0 Å². The summed E-state index contributed by atoms with van der Waals surface area (Å²) in [5.74, 6) is -0.846. The summed E-state index contributed by atoms with van der Waals surface area (Å²) in [7, 11) is 1.45. The van der Waals surface area contributed by atoms with Gasteiger partial charge >= 0.3 is 6.03 Å². The number of nitrogens with two attached hydrogens (primary N) is 1. The van der Waals surface area contributed by atoms with Gasteiger partial charge < -0.3 is 21.1 Å². The van der Waals surface area contributed by atoms with Gasteiger partial charge in [0.25, 0.3) is 5.91 Å². The Morgan fingerprint density at radius 2 is 2.18 bits per heavy atom. The Kier molecular flexibility index (Phi) is 4.43. The molecule has 118 valence electrons. The lowest BCUT2D eigenvalue weighted by Gasteiger charge is -2.22. The topological polar surface area (TPSA) is 123 Å². The van der Waals surface area contributed by atoms with E-state index in [0.29, 0.717) is 11.3 Å². The minimum Gasteiger partial charge on any atom is -0.383 e. The molecule has 4 amide bonds. The van der Waals surface area contributed by atoms with E-state index in [9.17, 15) is 14.4 Å². The number of rotatable bonds is 5. The van der Waals surface area contributed by atoms with Gasteiger partial charge in [-0.25, -0.2) is 4.79 Å². The minimum atomic E-state index is -1.17. The molecular weight excluding hydrogens is 288 g/mol. The summed E-state index contributed by atoms with van der Waals surface area (Å²) >= 11 is 0. The van der Waals surface area contributed by atoms with Crippen molar-refractivity contribution in [3.8, 4) is 0 Å². The molecule has 2 rings (SSSR count). The summed E-state index contributed by atoms with van der Waals surface area (Å²) in [5.41, 5.74) is 5.50. The average Bonchev–Trinajstić information content (AvgIpc) is 2.73. The van der Waals surface area contributed by atoms with Crippen LogP contribution in [0.15, 0.2) is 24.3 Å². The van der Waals surface area contributed by atoms with Crippen molar-refractivity contribution in [2.24, 2.45) is 5.73 Å². The highest BCUT2D eigenvalue weighted by Gasteiger charge is 2.43. The van der Waals surface area contributed by atoms with Gasteiger partial charge in [-0.3, -0.25) is 14.9 Å². The van der Waals surface area contributed by atoms with Crippen molar-refractivity contribution < 1.29 is 19.1 Å². The van der Waals surface area contributed by atoms with E-state index in [4.69, 9.17) is 10.5 Å². The number of carbonyl (C=O) groups excluding carboxylic acids is 3. The molecule has 0 saturated carbocycles. The predicted molar refractivity (Wildman–Crippen MR) is 78.9 cm³/mol.